The maximum absolute atomic E-state index is 13.1. The number of hydrogen-bond donors (Lipinski definition) is 0. The Morgan fingerprint density at radius 1 is 1.10 bits per heavy atom. The molecule has 1 fully saturated rings. The highest BCUT2D eigenvalue weighted by Crippen LogP contribution is 2.35. The first-order valence-electron chi connectivity index (χ1n) is 10.0. The molecule has 2 aliphatic heterocycles. The molecule has 2 unspecified atom stereocenters. The molecule has 0 bridgehead atoms. The molecule has 0 saturated carbocycles. The Labute approximate surface area is 178 Å². The highest BCUT2D eigenvalue weighted by atomic mass is 32.1. The quantitative estimate of drug-likeness (QED) is 0.642. The molecule has 2 atom stereocenters. The van der Waals surface area contributed by atoms with Crippen LogP contribution >= 0.6 is 11.3 Å². The number of anilines is 1. The predicted octanol–water partition coefficient (Wildman–Crippen LogP) is 3.18. The van der Waals surface area contributed by atoms with E-state index in [2.05, 4.69) is 4.90 Å². The van der Waals surface area contributed by atoms with Crippen LogP contribution in [0.25, 0.3) is 10.2 Å². The fourth-order valence-corrected chi connectivity index (χ4v) is 4.89. The van der Waals surface area contributed by atoms with Crippen molar-refractivity contribution < 1.29 is 19.0 Å². The van der Waals surface area contributed by atoms with Gasteiger partial charge in [-0.05, 0) is 37.3 Å². The zero-order valence-electron chi connectivity index (χ0n) is 16.9. The second-order valence-electron chi connectivity index (χ2n) is 7.45. The van der Waals surface area contributed by atoms with Gasteiger partial charge in [0.05, 0.1) is 17.3 Å². The van der Waals surface area contributed by atoms with Gasteiger partial charge in [-0.15, -0.1) is 0 Å². The van der Waals surface area contributed by atoms with Crippen LogP contribution in [0.5, 0.6) is 17.2 Å². The van der Waals surface area contributed by atoms with E-state index in [0.29, 0.717) is 24.6 Å². The Bertz CT molecular complexity index is 1080. The van der Waals surface area contributed by atoms with E-state index in [9.17, 15) is 4.79 Å². The van der Waals surface area contributed by atoms with E-state index in [1.54, 1.807) is 18.4 Å². The van der Waals surface area contributed by atoms with Gasteiger partial charge in [0.2, 0.25) is 6.10 Å². The van der Waals surface area contributed by atoms with Crippen LogP contribution in [0.15, 0.2) is 42.5 Å². The molecular formula is C22H23N3O4S. The number of hydrogen-bond acceptors (Lipinski definition) is 7. The van der Waals surface area contributed by atoms with Gasteiger partial charge >= 0.3 is 0 Å². The Kier molecular flexibility index (Phi) is 4.86. The fraction of sp³-hybridized carbons (Fsp3) is 0.364. The Morgan fingerprint density at radius 2 is 1.83 bits per heavy atom. The third kappa shape index (κ3) is 3.41. The number of piperazine rings is 1. The van der Waals surface area contributed by atoms with Gasteiger partial charge < -0.3 is 24.0 Å². The third-order valence-electron chi connectivity index (χ3n) is 5.53. The molecule has 8 heteroatoms. The summed E-state index contributed by atoms with van der Waals surface area (Å²) in [5.41, 5.74) is 0.967. The highest BCUT2D eigenvalue weighted by molar-refractivity contribution is 7.22. The lowest BCUT2D eigenvalue weighted by molar-refractivity contribution is -0.144. The number of aromatic nitrogens is 1. The molecule has 0 radical (unpaired) electrons. The lowest BCUT2D eigenvalue weighted by Gasteiger charge is -2.38. The summed E-state index contributed by atoms with van der Waals surface area (Å²) in [5, 5.41) is 0.977. The average Bonchev–Trinajstić information content (AvgIpc) is 3.21. The molecule has 156 valence electrons. The summed E-state index contributed by atoms with van der Waals surface area (Å²) in [4.78, 5) is 22.0. The van der Waals surface area contributed by atoms with Crippen molar-refractivity contribution in [2.75, 3.05) is 38.2 Å². The fourth-order valence-electron chi connectivity index (χ4n) is 3.84. The van der Waals surface area contributed by atoms with Crippen molar-refractivity contribution in [1.29, 1.82) is 0 Å². The lowest BCUT2D eigenvalue weighted by atomic mass is 10.1. The van der Waals surface area contributed by atoms with Gasteiger partial charge in [-0.3, -0.25) is 4.79 Å². The van der Waals surface area contributed by atoms with E-state index >= 15 is 0 Å². The number of rotatable bonds is 3. The molecule has 2 aromatic carbocycles. The monoisotopic (exact) mass is 425 g/mol. The van der Waals surface area contributed by atoms with Crippen LogP contribution in [0.2, 0.25) is 0 Å². The zero-order valence-corrected chi connectivity index (χ0v) is 17.7. The number of thiazole rings is 1. The summed E-state index contributed by atoms with van der Waals surface area (Å²) in [7, 11) is 1.67. The van der Waals surface area contributed by atoms with Gasteiger partial charge in [0.1, 0.15) is 11.9 Å². The molecule has 30 heavy (non-hydrogen) atoms. The van der Waals surface area contributed by atoms with Crippen molar-refractivity contribution in [1.82, 2.24) is 9.88 Å². The molecule has 3 heterocycles. The van der Waals surface area contributed by atoms with Crippen LogP contribution in [-0.2, 0) is 4.79 Å². The Morgan fingerprint density at radius 3 is 2.57 bits per heavy atom. The number of fused-ring (bicyclic) bond motifs is 2. The second-order valence-corrected chi connectivity index (χ2v) is 8.46. The minimum atomic E-state index is -0.624. The molecular weight excluding hydrogens is 402 g/mol. The summed E-state index contributed by atoms with van der Waals surface area (Å²) < 4.78 is 18.3. The predicted molar refractivity (Wildman–Crippen MR) is 116 cm³/mol. The molecule has 1 saturated heterocycles. The molecule has 0 spiro atoms. The summed E-state index contributed by atoms with van der Waals surface area (Å²) >= 11 is 1.65. The van der Waals surface area contributed by atoms with Crippen molar-refractivity contribution in [3.8, 4) is 17.2 Å². The van der Waals surface area contributed by atoms with Gasteiger partial charge in [0.25, 0.3) is 5.91 Å². The first-order chi connectivity index (χ1) is 14.6. The molecule has 5 rings (SSSR count). The minimum Gasteiger partial charge on any atom is -0.497 e. The number of nitrogens with zero attached hydrogens (tertiary/aromatic N) is 3. The zero-order chi connectivity index (χ0) is 20.7. The SMILES string of the molecule is COc1ccc2nc(N3CCN(C(=O)C4Oc5ccccc5OC4C)CC3)sc2c1. The maximum Gasteiger partial charge on any atom is 0.267 e. The standard InChI is InChI=1S/C22H23N3O4S/c1-14-20(29-18-6-4-3-5-17(18)28-14)21(26)24-9-11-25(12-10-24)22-23-16-8-7-15(27-2)13-19(16)30-22/h3-8,13-14,20H,9-12H2,1-2H3. The van der Waals surface area contributed by atoms with Gasteiger partial charge in [-0.2, -0.15) is 0 Å². The van der Waals surface area contributed by atoms with Gasteiger partial charge in [0, 0.05) is 26.2 Å². The van der Waals surface area contributed by atoms with E-state index < -0.39 is 6.10 Å². The molecule has 1 amide bonds. The largest absolute Gasteiger partial charge is 0.497 e. The summed E-state index contributed by atoms with van der Waals surface area (Å²) in [6, 6.07) is 13.4. The molecule has 7 nitrogen and oxygen atoms in total. The van der Waals surface area contributed by atoms with Crippen LogP contribution in [0, 0.1) is 0 Å². The molecule has 0 aliphatic carbocycles. The van der Waals surface area contributed by atoms with E-state index in [1.807, 2.05) is 54.3 Å². The van der Waals surface area contributed by atoms with Crippen LogP contribution in [0.3, 0.4) is 0 Å². The summed E-state index contributed by atoms with van der Waals surface area (Å²) in [5.74, 6) is 2.12. The summed E-state index contributed by atoms with van der Waals surface area (Å²) in [6.45, 7) is 4.62. The maximum atomic E-state index is 13.1. The van der Waals surface area contributed by atoms with E-state index in [0.717, 1.165) is 34.2 Å². The lowest BCUT2D eigenvalue weighted by Crippen LogP contribution is -2.56. The minimum absolute atomic E-state index is 0.0225. The summed E-state index contributed by atoms with van der Waals surface area (Å²) in [6.07, 6.45) is -0.953. The topological polar surface area (TPSA) is 64.1 Å². The average molecular weight is 426 g/mol. The normalized spacial score (nSPS) is 21.0. The number of carbonyl (C=O) groups is 1. The van der Waals surface area contributed by atoms with Crippen LogP contribution in [0.4, 0.5) is 5.13 Å². The first-order valence-corrected chi connectivity index (χ1v) is 10.8. The van der Waals surface area contributed by atoms with Crippen LogP contribution in [-0.4, -0.2) is 61.3 Å². The van der Waals surface area contributed by atoms with Gasteiger partial charge in [0.15, 0.2) is 16.6 Å². The molecule has 1 aromatic heterocycles. The first kappa shape index (κ1) is 19.0. The van der Waals surface area contributed by atoms with Gasteiger partial charge in [-0.1, -0.05) is 23.5 Å². The Hall–Kier alpha value is -3.00. The highest BCUT2D eigenvalue weighted by Gasteiger charge is 2.37. The van der Waals surface area contributed by atoms with E-state index in [1.165, 1.54) is 0 Å². The molecule has 2 aliphatic rings. The number of ether oxygens (including phenoxy) is 3. The van der Waals surface area contributed by atoms with Crippen LogP contribution in [0.1, 0.15) is 6.92 Å². The van der Waals surface area contributed by atoms with Gasteiger partial charge in [-0.25, -0.2) is 4.98 Å². The van der Waals surface area contributed by atoms with E-state index in [-0.39, 0.29) is 12.0 Å². The third-order valence-corrected chi connectivity index (χ3v) is 6.61. The van der Waals surface area contributed by atoms with Crippen LogP contribution < -0.4 is 19.1 Å². The van der Waals surface area contributed by atoms with Crippen molar-refractivity contribution in [3.05, 3.63) is 42.5 Å². The van der Waals surface area contributed by atoms with Crippen molar-refractivity contribution in [2.24, 2.45) is 0 Å². The molecule has 0 N–H and O–H groups in total. The smallest absolute Gasteiger partial charge is 0.267 e. The van der Waals surface area contributed by atoms with E-state index in [4.69, 9.17) is 19.2 Å². The molecule has 3 aromatic rings. The number of methoxy groups -OCH3 is 1. The number of amides is 1. The van der Waals surface area contributed by atoms with Crippen molar-refractivity contribution in [2.45, 2.75) is 19.1 Å². The number of para-hydroxylation sites is 2. The second kappa shape index (κ2) is 7.68. The van der Waals surface area contributed by atoms with Crippen molar-refractivity contribution in [3.63, 3.8) is 0 Å². The van der Waals surface area contributed by atoms with Crippen molar-refractivity contribution >= 4 is 32.6 Å². The Balaban J connectivity index is 1.25. The number of benzene rings is 2. The number of carbonyl (C=O) groups excluding carboxylic acids is 1.